The Balaban J connectivity index is 1.55. The molecule has 0 spiro atoms. The number of rotatable bonds is 6. The van der Waals surface area contributed by atoms with Crippen molar-refractivity contribution in [3.63, 3.8) is 0 Å². The molecule has 0 aliphatic carbocycles. The van der Waals surface area contributed by atoms with Crippen molar-refractivity contribution in [3.05, 3.63) is 72.2 Å². The maximum atomic E-state index is 13.1. The van der Waals surface area contributed by atoms with Gasteiger partial charge in [-0.1, -0.05) is 48.5 Å². The highest BCUT2D eigenvalue weighted by Gasteiger charge is 2.25. The molecule has 2 aromatic carbocycles. The van der Waals surface area contributed by atoms with Gasteiger partial charge in [-0.3, -0.25) is 4.79 Å². The molecule has 3 aromatic rings. The van der Waals surface area contributed by atoms with E-state index >= 15 is 0 Å². The molecule has 0 radical (unpaired) electrons. The number of hydrogen-bond donors (Lipinski definition) is 0. The molecular formula is C23H26N2O2. The zero-order chi connectivity index (χ0) is 18.6. The number of likely N-dealkylation sites (N-methyl/N-ethyl adjacent to an activating group) is 1. The Kier molecular flexibility index (Phi) is 5.26. The van der Waals surface area contributed by atoms with Crippen LogP contribution >= 0.6 is 0 Å². The molecule has 1 unspecified atom stereocenters. The molecule has 1 atom stereocenters. The Labute approximate surface area is 160 Å². The number of fused-ring (bicyclic) bond motifs is 1. The fourth-order valence-electron chi connectivity index (χ4n) is 4.01. The fraction of sp³-hybridized carbons (Fsp3) is 0.348. The van der Waals surface area contributed by atoms with Crippen molar-refractivity contribution in [1.82, 2.24) is 9.80 Å². The Morgan fingerprint density at radius 3 is 2.63 bits per heavy atom. The van der Waals surface area contributed by atoms with Crippen LogP contribution in [0.1, 0.15) is 30.0 Å². The largest absolute Gasteiger partial charge is 0.471 e. The number of likely N-dealkylation sites (tertiary alicyclic amines) is 1. The molecule has 1 aromatic heterocycles. The molecule has 4 nitrogen and oxygen atoms in total. The van der Waals surface area contributed by atoms with Crippen molar-refractivity contribution >= 4 is 16.7 Å². The molecule has 1 amide bonds. The minimum Gasteiger partial charge on any atom is -0.471 e. The first-order valence-electron chi connectivity index (χ1n) is 9.69. The standard InChI is InChI=1S/C23H26N2O2/c1-24(23(26)14-19-10-7-11-20-16-27-17-21(19)20)22(15-25-12-5-6-13-25)18-8-3-2-4-9-18/h2-4,7-11,16-17,22H,5-6,12-15H2,1H3. The maximum absolute atomic E-state index is 13.1. The lowest BCUT2D eigenvalue weighted by molar-refractivity contribution is -0.131. The van der Waals surface area contributed by atoms with E-state index in [1.807, 2.05) is 36.2 Å². The molecule has 0 bridgehead atoms. The van der Waals surface area contributed by atoms with E-state index in [0.29, 0.717) is 6.42 Å². The molecule has 1 aliphatic heterocycles. The summed E-state index contributed by atoms with van der Waals surface area (Å²) in [6, 6.07) is 16.5. The predicted molar refractivity (Wildman–Crippen MR) is 108 cm³/mol. The number of furan rings is 1. The Morgan fingerprint density at radius 1 is 1.07 bits per heavy atom. The smallest absolute Gasteiger partial charge is 0.227 e. The number of carbonyl (C=O) groups is 1. The molecule has 1 aliphatic rings. The van der Waals surface area contributed by atoms with Crippen LogP contribution in [0, 0.1) is 0 Å². The Hall–Kier alpha value is -2.59. The van der Waals surface area contributed by atoms with Crippen molar-refractivity contribution in [2.24, 2.45) is 0 Å². The summed E-state index contributed by atoms with van der Waals surface area (Å²) in [4.78, 5) is 17.5. The number of amides is 1. The van der Waals surface area contributed by atoms with Gasteiger partial charge in [-0.25, -0.2) is 0 Å². The van der Waals surface area contributed by atoms with Crippen LogP contribution in [0.15, 0.2) is 65.5 Å². The van der Waals surface area contributed by atoms with Crippen molar-refractivity contribution in [1.29, 1.82) is 0 Å². The minimum absolute atomic E-state index is 0.0698. The van der Waals surface area contributed by atoms with Crippen molar-refractivity contribution in [2.75, 3.05) is 26.7 Å². The Morgan fingerprint density at radius 2 is 1.85 bits per heavy atom. The average molecular weight is 362 g/mol. The molecule has 4 heteroatoms. The van der Waals surface area contributed by atoms with E-state index in [-0.39, 0.29) is 11.9 Å². The summed E-state index contributed by atoms with van der Waals surface area (Å²) < 4.78 is 5.32. The van der Waals surface area contributed by atoms with Gasteiger partial charge in [0.05, 0.1) is 25.0 Å². The summed E-state index contributed by atoms with van der Waals surface area (Å²) in [7, 11) is 1.94. The predicted octanol–water partition coefficient (Wildman–Crippen LogP) is 4.27. The highest BCUT2D eigenvalue weighted by atomic mass is 16.3. The minimum atomic E-state index is 0.0698. The first-order valence-corrected chi connectivity index (χ1v) is 9.69. The molecular weight excluding hydrogens is 336 g/mol. The van der Waals surface area contributed by atoms with Gasteiger partial charge in [0.1, 0.15) is 0 Å². The lowest BCUT2D eigenvalue weighted by Gasteiger charge is -2.32. The third kappa shape index (κ3) is 3.91. The summed E-state index contributed by atoms with van der Waals surface area (Å²) in [6.07, 6.45) is 6.35. The van der Waals surface area contributed by atoms with Crippen molar-refractivity contribution < 1.29 is 9.21 Å². The highest BCUT2D eigenvalue weighted by Crippen LogP contribution is 2.25. The van der Waals surface area contributed by atoms with Crippen LogP contribution in [0.3, 0.4) is 0 Å². The molecule has 0 saturated carbocycles. The highest BCUT2D eigenvalue weighted by molar-refractivity contribution is 5.89. The SMILES string of the molecule is CN(C(=O)Cc1cccc2cocc12)C(CN1CCCC1)c1ccccc1. The monoisotopic (exact) mass is 362 g/mol. The van der Waals surface area contributed by atoms with Gasteiger partial charge in [0.15, 0.2) is 0 Å². The van der Waals surface area contributed by atoms with Crippen LogP contribution in [-0.4, -0.2) is 42.4 Å². The molecule has 1 saturated heterocycles. The van der Waals surface area contributed by atoms with E-state index in [0.717, 1.165) is 36.0 Å². The van der Waals surface area contributed by atoms with E-state index in [2.05, 4.69) is 29.2 Å². The lowest BCUT2D eigenvalue weighted by Crippen LogP contribution is -2.39. The van der Waals surface area contributed by atoms with Crippen molar-refractivity contribution in [3.8, 4) is 0 Å². The van der Waals surface area contributed by atoms with Crippen LogP contribution in [0.4, 0.5) is 0 Å². The summed E-state index contributed by atoms with van der Waals surface area (Å²) >= 11 is 0. The second-order valence-electron chi connectivity index (χ2n) is 7.41. The number of nitrogens with zero attached hydrogens (tertiary/aromatic N) is 2. The second kappa shape index (κ2) is 7.97. The topological polar surface area (TPSA) is 36.7 Å². The van der Waals surface area contributed by atoms with E-state index in [1.54, 1.807) is 12.5 Å². The zero-order valence-electron chi connectivity index (χ0n) is 15.8. The third-order valence-corrected chi connectivity index (χ3v) is 5.63. The zero-order valence-corrected chi connectivity index (χ0v) is 15.8. The fourth-order valence-corrected chi connectivity index (χ4v) is 4.01. The van der Waals surface area contributed by atoms with E-state index in [1.165, 1.54) is 18.4 Å². The molecule has 140 valence electrons. The van der Waals surface area contributed by atoms with Gasteiger partial charge in [-0.15, -0.1) is 0 Å². The van der Waals surface area contributed by atoms with Gasteiger partial charge in [-0.2, -0.15) is 0 Å². The van der Waals surface area contributed by atoms with Gasteiger partial charge in [0.25, 0.3) is 0 Å². The average Bonchev–Trinajstić information content (AvgIpc) is 3.38. The van der Waals surface area contributed by atoms with Gasteiger partial charge in [0.2, 0.25) is 5.91 Å². The quantitative estimate of drug-likeness (QED) is 0.657. The molecule has 27 heavy (non-hydrogen) atoms. The first-order chi connectivity index (χ1) is 13.2. The molecule has 4 rings (SSSR count). The number of benzene rings is 2. The van der Waals surface area contributed by atoms with E-state index in [9.17, 15) is 4.79 Å². The summed E-state index contributed by atoms with van der Waals surface area (Å²) in [5.74, 6) is 0.136. The van der Waals surface area contributed by atoms with Gasteiger partial charge >= 0.3 is 0 Å². The van der Waals surface area contributed by atoms with Gasteiger partial charge in [0, 0.05) is 24.4 Å². The van der Waals surface area contributed by atoms with E-state index in [4.69, 9.17) is 4.42 Å². The van der Waals surface area contributed by atoms with Crippen LogP contribution in [-0.2, 0) is 11.2 Å². The number of carbonyl (C=O) groups excluding carboxylic acids is 1. The van der Waals surface area contributed by atoms with Gasteiger partial charge < -0.3 is 14.2 Å². The number of hydrogen-bond acceptors (Lipinski definition) is 3. The molecule has 0 N–H and O–H groups in total. The van der Waals surface area contributed by atoms with Crippen LogP contribution in [0.2, 0.25) is 0 Å². The molecule has 2 heterocycles. The summed E-state index contributed by atoms with van der Waals surface area (Å²) in [5, 5.41) is 2.06. The second-order valence-corrected chi connectivity index (χ2v) is 7.41. The summed E-state index contributed by atoms with van der Waals surface area (Å²) in [5.41, 5.74) is 2.22. The van der Waals surface area contributed by atoms with Crippen molar-refractivity contribution in [2.45, 2.75) is 25.3 Å². The van der Waals surface area contributed by atoms with Crippen LogP contribution < -0.4 is 0 Å². The maximum Gasteiger partial charge on any atom is 0.227 e. The van der Waals surface area contributed by atoms with Gasteiger partial charge in [-0.05, 0) is 37.1 Å². The Bertz CT molecular complexity index is 897. The normalized spacial score (nSPS) is 15.9. The lowest BCUT2D eigenvalue weighted by atomic mass is 10.0. The third-order valence-electron chi connectivity index (χ3n) is 5.63. The summed E-state index contributed by atoms with van der Waals surface area (Å²) in [6.45, 7) is 3.14. The van der Waals surface area contributed by atoms with E-state index < -0.39 is 0 Å². The van der Waals surface area contributed by atoms with Crippen LogP contribution in [0.5, 0.6) is 0 Å². The molecule has 1 fully saturated rings. The first kappa shape index (κ1) is 17.8. The van der Waals surface area contributed by atoms with Crippen LogP contribution in [0.25, 0.3) is 10.8 Å².